The second kappa shape index (κ2) is 5.08. The van der Waals surface area contributed by atoms with Gasteiger partial charge < -0.3 is 19.3 Å². The van der Waals surface area contributed by atoms with Gasteiger partial charge in [0.1, 0.15) is 6.10 Å². The number of aliphatic hydroxyl groups is 1. The highest BCUT2D eigenvalue weighted by Gasteiger charge is 2.51. The van der Waals surface area contributed by atoms with Gasteiger partial charge in [-0.05, 0) is 45.3 Å². The molecule has 22 heavy (non-hydrogen) atoms. The number of hydrogen-bond acceptors (Lipinski definition) is 4. The van der Waals surface area contributed by atoms with E-state index >= 15 is 0 Å². The average molecular weight is 303 g/mol. The zero-order chi connectivity index (χ0) is 16.1. The van der Waals surface area contributed by atoms with Gasteiger partial charge in [-0.3, -0.25) is 4.79 Å². The van der Waals surface area contributed by atoms with E-state index in [0.29, 0.717) is 13.0 Å². The number of carbonyl (C=O) groups is 1. The molecule has 2 aliphatic heterocycles. The summed E-state index contributed by atoms with van der Waals surface area (Å²) in [4.78, 5) is 13.6. The maximum absolute atomic E-state index is 12.0. The van der Waals surface area contributed by atoms with Gasteiger partial charge in [-0.25, -0.2) is 0 Å². The first-order chi connectivity index (χ1) is 10.2. The lowest BCUT2D eigenvalue weighted by Gasteiger charge is -2.32. The molecule has 2 fully saturated rings. The molecule has 0 saturated carbocycles. The summed E-state index contributed by atoms with van der Waals surface area (Å²) in [6.45, 7) is 8.58. The number of rotatable bonds is 2. The van der Waals surface area contributed by atoms with Gasteiger partial charge in [-0.15, -0.1) is 0 Å². The molecule has 1 aromatic rings. The highest BCUT2D eigenvalue weighted by atomic mass is 16.7. The van der Waals surface area contributed by atoms with Crippen LogP contribution < -0.4 is 10.4 Å². The Morgan fingerprint density at radius 3 is 2.41 bits per heavy atom. The molecule has 3 rings (SSSR count). The summed E-state index contributed by atoms with van der Waals surface area (Å²) in [6.07, 6.45) is -0.417. The fraction of sp³-hybridized carbons (Fsp3) is 0.562. The van der Waals surface area contributed by atoms with Crippen molar-refractivity contribution in [1.29, 1.82) is 0 Å². The number of nitrogens with zero attached hydrogens (tertiary/aromatic N) is 1. The van der Waals surface area contributed by atoms with Gasteiger partial charge in [-0.2, -0.15) is 0 Å². The van der Waals surface area contributed by atoms with Crippen molar-refractivity contribution in [3.8, 4) is 0 Å². The van der Waals surface area contributed by atoms with Crippen LogP contribution in [0.15, 0.2) is 24.3 Å². The van der Waals surface area contributed by atoms with E-state index in [1.165, 1.54) is 0 Å². The number of anilines is 1. The van der Waals surface area contributed by atoms with Gasteiger partial charge >= 0.3 is 7.12 Å². The Kier molecular flexibility index (Phi) is 3.59. The molecule has 0 aromatic heterocycles. The lowest BCUT2D eigenvalue weighted by atomic mass is 9.79. The number of amides is 1. The van der Waals surface area contributed by atoms with Gasteiger partial charge in [0, 0.05) is 18.7 Å². The van der Waals surface area contributed by atoms with Crippen LogP contribution in [0.4, 0.5) is 5.69 Å². The van der Waals surface area contributed by atoms with Gasteiger partial charge in [0.15, 0.2) is 0 Å². The van der Waals surface area contributed by atoms with Crippen LogP contribution in [0.2, 0.25) is 0 Å². The summed E-state index contributed by atoms with van der Waals surface area (Å²) in [5, 5.41) is 9.61. The Morgan fingerprint density at radius 2 is 1.86 bits per heavy atom. The molecular weight excluding hydrogens is 281 g/mol. The van der Waals surface area contributed by atoms with E-state index in [2.05, 4.69) is 0 Å². The largest absolute Gasteiger partial charge is 0.494 e. The van der Waals surface area contributed by atoms with E-state index < -0.39 is 24.4 Å². The number of aliphatic hydroxyl groups excluding tert-OH is 1. The molecule has 5 nitrogen and oxygen atoms in total. The van der Waals surface area contributed by atoms with Crippen LogP contribution in [0, 0.1) is 0 Å². The Labute approximate surface area is 131 Å². The predicted octanol–water partition coefficient (Wildman–Crippen LogP) is 1.08. The van der Waals surface area contributed by atoms with Crippen molar-refractivity contribution in [2.24, 2.45) is 0 Å². The highest BCUT2D eigenvalue weighted by molar-refractivity contribution is 6.62. The van der Waals surface area contributed by atoms with Crippen molar-refractivity contribution in [1.82, 2.24) is 0 Å². The summed E-state index contributed by atoms with van der Waals surface area (Å²) in [7, 11) is -0.451. The average Bonchev–Trinajstić information content (AvgIpc) is 2.88. The van der Waals surface area contributed by atoms with Crippen LogP contribution in [-0.2, 0) is 14.1 Å². The third-order valence-corrected chi connectivity index (χ3v) is 4.88. The van der Waals surface area contributed by atoms with E-state index in [1.807, 2.05) is 52.0 Å². The topological polar surface area (TPSA) is 59.0 Å². The quantitative estimate of drug-likeness (QED) is 0.831. The normalized spacial score (nSPS) is 26.8. The SMILES string of the molecule is CC1(C)OB(c2cccc(N3CC[C@H](O)C3=O)c2)OC1(C)C. The summed E-state index contributed by atoms with van der Waals surface area (Å²) in [5.74, 6) is -0.244. The molecule has 1 amide bonds. The maximum atomic E-state index is 12.0. The molecule has 0 aliphatic carbocycles. The standard InChI is InChI=1S/C16H22BNO4/c1-15(2)16(3,4)22-17(21-15)11-6-5-7-12(10-11)18-9-8-13(19)14(18)20/h5-7,10,13,19H,8-9H2,1-4H3/t13-/m0/s1. The molecular formula is C16H22BNO4. The fourth-order valence-electron chi connectivity index (χ4n) is 2.74. The van der Waals surface area contributed by atoms with Crippen molar-refractivity contribution in [2.45, 2.75) is 51.4 Å². The van der Waals surface area contributed by atoms with E-state index in [-0.39, 0.29) is 5.91 Å². The number of carbonyl (C=O) groups excluding carboxylic acids is 1. The molecule has 2 saturated heterocycles. The van der Waals surface area contributed by atoms with Crippen molar-refractivity contribution in [3.63, 3.8) is 0 Å². The minimum atomic E-state index is -0.888. The lowest BCUT2D eigenvalue weighted by molar-refractivity contribution is -0.123. The van der Waals surface area contributed by atoms with Crippen LogP contribution in [0.5, 0.6) is 0 Å². The van der Waals surface area contributed by atoms with E-state index in [1.54, 1.807) is 4.90 Å². The van der Waals surface area contributed by atoms with Crippen molar-refractivity contribution in [2.75, 3.05) is 11.4 Å². The highest BCUT2D eigenvalue weighted by Crippen LogP contribution is 2.36. The first-order valence-electron chi connectivity index (χ1n) is 7.66. The second-order valence-corrected chi connectivity index (χ2v) is 6.98. The minimum Gasteiger partial charge on any atom is -0.399 e. The summed E-state index contributed by atoms with van der Waals surface area (Å²) in [5.41, 5.74) is 0.861. The molecule has 2 aliphatic rings. The molecule has 1 atom stereocenters. The molecule has 1 N–H and O–H groups in total. The van der Waals surface area contributed by atoms with Crippen LogP contribution in [0.1, 0.15) is 34.1 Å². The van der Waals surface area contributed by atoms with Crippen molar-refractivity contribution < 1.29 is 19.2 Å². The van der Waals surface area contributed by atoms with Crippen LogP contribution in [0.3, 0.4) is 0 Å². The first kappa shape index (κ1) is 15.5. The van der Waals surface area contributed by atoms with E-state index in [4.69, 9.17) is 9.31 Å². The van der Waals surface area contributed by atoms with Gasteiger partial charge in [0.2, 0.25) is 0 Å². The molecule has 2 heterocycles. The molecule has 118 valence electrons. The third kappa shape index (κ3) is 2.45. The number of hydrogen-bond donors (Lipinski definition) is 1. The van der Waals surface area contributed by atoms with Crippen molar-refractivity contribution >= 4 is 24.2 Å². The Bertz CT molecular complexity index is 586. The van der Waals surface area contributed by atoms with Crippen LogP contribution in [0.25, 0.3) is 0 Å². The van der Waals surface area contributed by atoms with Crippen molar-refractivity contribution in [3.05, 3.63) is 24.3 Å². The van der Waals surface area contributed by atoms with E-state index in [0.717, 1.165) is 11.2 Å². The van der Waals surface area contributed by atoms with Gasteiger partial charge in [0.25, 0.3) is 5.91 Å². The van der Waals surface area contributed by atoms with Crippen LogP contribution >= 0.6 is 0 Å². The monoisotopic (exact) mass is 303 g/mol. The summed E-state index contributed by atoms with van der Waals surface area (Å²) >= 11 is 0. The molecule has 0 radical (unpaired) electrons. The summed E-state index contributed by atoms with van der Waals surface area (Å²) < 4.78 is 12.1. The lowest BCUT2D eigenvalue weighted by Crippen LogP contribution is -2.41. The van der Waals surface area contributed by atoms with Gasteiger partial charge in [0.05, 0.1) is 11.2 Å². The van der Waals surface area contributed by atoms with Crippen LogP contribution in [-0.4, -0.2) is 42.0 Å². The first-order valence-corrected chi connectivity index (χ1v) is 7.66. The molecule has 6 heteroatoms. The van der Waals surface area contributed by atoms with E-state index in [9.17, 15) is 9.90 Å². The molecule has 0 spiro atoms. The third-order valence-electron chi connectivity index (χ3n) is 4.88. The number of benzene rings is 1. The second-order valence-electron chi connectivity index (χ2n) is 6.98. The maximum Gasteiger partial charge on any atom is 0.494 e. The zero-order valence-electron chi connectivity index (χ0n) is 13.5. The molecule has 1 aromatic carbocycles. The Hall–Kier alpha value is -1.37. The Balaban J connectivity index is 1.86. The minimum absolute atomic E-state index is 0.244. The zero-order valence-corrected chi connectivity index (χ0v) is 13.5. The summed E-state index contributed by atoms with van der Waals surface area (Å²) in [6, 6.07) is 7.58. The Morgan fingerprint density at radius 1 is 1.23 bits per heavy atom. The fourth-order valence-corrected chi connectivity index (χ4v) is 2.74. The molecule has 0 unspecified atom stereocenters. The van der Waals surface area contributed by atoms with Gasteiger partial charge in [-0.1, -0.05) is 12.1 Å². The predicted molar refractivity (Wildman–Crippen MR) is 85.1 cm³/mol. The smallest absolute Gasteiger partial charge is 0.399 e. The molecule has 0 bridgehead atoms.